The van der Waals surface area contributed by atoms with Crippen LogP contribution in [0.5, 0.6) is 0 Å². The number of nitrogens with one attached hydrogen (secondary N) is 1. The van der Waals surface area contributed by atoms with Gasteiger partial charge < -0.3 is 10.2 Å². The molecule has 0 aromatic rings. The van der Waals surface area contributed by atoms with E-state index in [1.807, 2.05) is 0 Å². The molecule has 1 heterocycles. The second-order valence-corrected chi connectivity index (χ2v) is 5.76. The van der Waals surface area contributed by atoms with Gasteiger partial charge in [0.2, 0.25) is 5.91 Å². The summed E-state index contributed by atoms with van der Waals surface area (Å²) in [5, 5.41) is 12.0. The average Bonchev–Trinajstić information content (AvgIpc) is 2.40. The molecule has 4 nitrogen and oxygen atoms in total. The van der Waals surface area contributed by atoms with Gasteiger partial charge in [-0.15, -0.1) is 0 Å². The highest BCUT2D eigenvalue weighted by Gasteiger charge is 2.27. The van der Waals surface area contributed by atoms with Crippen molar-refractivity contribution in [3.05, 3.63) is 0 Å². The van der Waals surface area contributed by atoms with E-state index in [1.54, 1.807) is 0 Å². The van der Waals surface area contributed by atoms with Crippen LogP contribution in [0.4, 0.5) is 0 Å². The summed E-state index contributed by atoms with van der Waals surface area (Å²) in [5.41, 5.74) is 0. The Morgan fingerprint density at radius 3 is 2.33 bits per heavy atom. The molecule has 1 amide bonds. The molecule has 2 rings (SSSR count). The molecule has 0 bridgehead atoms. The topological polar surface area (TPSA) is 56.1 Å². The summed E-state index contributed by atoms with van der Waals surface area (Å²) in [4.78, 5) is 14.4. The van der Waals surface area contributed by atoms with Gasteiger partial charge in [0.25, 0.3) is 0 Å². The summed E-state index contributed by atoms with van der Waals surface area (Å²) >= 11 is 0. The fourth-order valence-electron chi connectivity index (χ4n) is 2.96. The van der Waals surface area contributed by atoms with E-state index in [0.29, 0.717) is 6.04 Å². The van der Waals surface area contributed by atoms with Crippen molar-refractivity contribution in [3.8, 4) is 6.07 Å². The van der Waals surface area contributed by atoms with Crippen molar-refractivity contribution >= 4 is 5.91 Å². The summed E-state index contributed by atoms with van der Waals surface area (Å²) < 4.78 is 0. The van der Waals surface area contributed by atoms with Crippen LogP contribution in [0.25, 0.3) is 0 Å². The molecular formula is C14H23N3O. The van der Waals surface area contributed by atoms with Crippen molar-refractivity contribution in [1.82, 2.24) is 10.2 Å². The van der Waals surface area contributed by atoms with Crippen LogP contribution < -0.4 is 5.32 Å². The summed E-state index contributed by atoms with van der Waals surface area (Å²) in [7, 11) is 2.11. The second-order valence-electron chi connectivity index (χ2n) is 5.76. The Morgan fingerprint density at radius 1 is 1.17 bits per heavy atom. The van der Waals surface area contributed by atoms with Crippen molar-refractivity contribution in [2.75, 3.05) is 20.1 Å². The Hall–Kier alpha value is -1.08. The molecule has 4 heteroatoms. The van der Waals surface area contributed by atoms with Crippen LogP contribution in [-0.2, 0) is 4.79 Å². The molecule has 0 spiro atoms. The minimum atomic E-state index is 0.204. The largest absolute Gasteiger partial charge is 0.353 e. The third-order valence-electron chi connectivity index (χ3n) is 4.35. The van der Waals surface area contributed by atoms with Gasteiger partial charge in [-0.1, -0.05) is 0 Å². The van der Waals surface area contributed by atoms with E-state index in [-0.39, 0.29) is 17.7 Å². The van der Waals surface area contributed by atoms with Crippen LogP contribution >= 0.6 is 0 Å². The number of rotatable bonds is 2. The quantitative estimate of drug-likeness (QED) is 0.807. The molecule has 1 aliphatic heterocycles. The van der Waals surface area contributed by atoms with Crippen LogP contribution in [0, 0.1) is 23.2 Å². The maximum atomic E-state index is 12.1. The van der Waals surface area contributed by atoms with Crippen LogP contribution in [-0.4, -0.2) is 37.0 Å². The Balaban J connectivity index is 1.73. The SMILES string of the molecule is CN1CCC(C(=O)NC2CCC(C#N)CC2)CC1. The minimum absolute atomic E-state index is 0.204. The molecule has 0 atom stereocenters. The number of hydrogen-bond donors (Lipinski definition) is 1. The van der Waals surface area contributed by atoms with Crippen molar-refractivity contribution in [2.45, 2.75) is 44.6 Å². The lowest BCUT2D eigenvalue weighted by Gasteiger charge is -2.31. The predicted molar refractivity (Wildman–Crippen MR) is 69.7 cm³/mol. The highest BCUT2D eigenvalue weighted by atomic mass is 16.1. The summed E-state index contributed by atoms with van der Waals surface area (Å²) in [5.74, 6) is 0.653. The molecule has 1 saturated heterocycles. The van der Waals surface area contributed by atoms with E-state index in [2.05, 4.69) is 23.3 Å². The normalized spacial score (nSPS) is 30.7. The number of nitriles is 1. The lowest BCUT2D eigenvalue weighted by Crippen LogP contribution is -2.44. The predicted octanol–water partition coefficient (Wildman–Crippen LogP) is 1.53. The van der Waals surface area contributed by atoms with E-state index in [0.717, 1.165) is 51.6 Å². The monoisotopic (exact) mass is 249 g/mol. The first-order valence-corrected chi connectivity index (χ1v) is 7.07. The first-order valence-electron chi connectivity index (χ1n) is 7.07. The second kappa shape index (κ2) is 6.19. The summed E-state index contributed by atoms with van der Waals surface area (Å²) in [6.45, 7) is 2.05. The molecule has 0 aromatic carbocycles. The molecule has 1 N–H and O–H groups in total. The highest BCUT2D eigenvalue weighted by Crippen LogP contribution is 2.24. The molecule has 1 aliphatic carbocycles. The Kier molecular flexibility index (Phi) is 4.60. The molecule has 0 radical (unpaired) electrons. The van der Waals surface area contributed by atoms with Gasteiger partial charge >= 0.3 is 0 Å². The zero-order valence-electron chi connectivity index (χ0n) is 11.2. The smallest absolute Gasteiger partial charge is 0.223 e. The Labute approximate surface area is 109 Å². The molecule has 100 valence electrons. The van der Waals surface area contributed by atoms with Gasteiger partial charge in [0.05, 0.1) is 6.07 Å². The zero-order valence-corrected chi connectivity index (χ0v) is 11.2. The van der Waals surface area contributed by atoms with Gasteiger partial charge in [-0.2, -0.15) is 5.26 Å². The van der Waals surface area contributed by atoms with Crippen molar-refractivity contribution < 1.29 is 4.79 Å². The lowest BCUT2D eigenvalue weighted by molar-refractivity contribution is -0.127. The van der Waals surface area contributed by atoms with E-state index in [4.69, 9.17) is 5.26 Å². The van der Waals surface area contributed by atoms with Crippen molar-refractivity contribution in [3.63, 3.8) is 0 Å². The van der Waals surface area contributed by atoms with Crippen LogP contribution in [0.3, 0.4) is 0 Å². The number of hydrogen-bond acceptors (Lipinski definition) is 3. The number of carbonyl (C=O) groups excluding carboxylic acids is 1. The van der Waals surface area contributed by atoms with Gasteiger partial charge in [-0.25, -0.2) is 0 Å². The molecule has 0 unspecified atom stereocenters. The lowest BCUT2D eigenvalue weighted by atomic mass is 9.86. The number of carbonyl (C=O) groups is 1. The zero-order chi connectivity index (χ0) is 13.0. The van der Waals surface area contributed by atoms with Crippen LogP contribution in [0.1, 0.15) is 38.5 Å². The number of piperidine rings is 1. The standard InChI is InChI=1S/C14H23N3O/c1-17-8-6-12(7-9-17)14(18)16-13-4-2-11(10-15)3-5-13/h11-13H,2-9H2,1H3,(H,16,18). The first kappa shape index (κ1) is 13.4. The number of likely N-dealkylation sites (tertiary alicyclic amines) is 1. The maximum absolute atomic E-state index is 12.1. The fraction of sp³-hybridized carbons (Fsp3) is 0.857. The van der Waals surface area contributed by atoms with Crippen molar-refractivity contribution in [2.24, 2.45) is 11.8 Å². The van der Waals surface area contributed by atoms with Gasteiger partial charge in [0.1, 0.15) is 0 Å². The fourth-order valence-corrected chi connectivity index (χ4v) is 2.96. The van der Waals surface area contributed by atoms with Gasteiger partial charge in [-0.05, 0) is 58.7 Å². The molecule has 1 saturated carbocycles. The van der Waals surface area contributed by atoms with E-state index >= 15 is 0 Å². The molecule has 18 heavy (non-hydrogen) atoms. The molecular weight excluding hydrogens is 226 g/mol. The average molecular weight is 249 g/mol. The van der Waals surface area contributed by atoms with Gasteiger partial charge in [-0.3, -0.25) is 4.79 Å². The van der Waals surface area contributed by atoms with E-state index < -0.39 is 0 Å². The van der Waals surface area contributed by atoms with Crippen LogP contribution in [0.2, 0.25) is 0 Å². The van der Waals surface area contributed by atoms with Crippen LogP contribution in [0.15, 0.2) is 0 Å². The molecule has 2 aliphatic rings. The summed E-state index contributed by atoms with van der Waals surface area (Å²) in [6.07, 6.45) is 5.78. The number of amides is 1. The third kappa shape index (κ3) is 3.46. The van der Waals surface area contributed by atoms with Gasteiger partial charge in [0, 0.05) is 17.9 Å². The third-order valence-corrected chi connectivity index (χ3v) is 4.35. The Morgan fingerprint density at radius 2 is 1.78 bits per heavy atom. The van der Waals surface area contributed by atoms with E-state index in [1.165, 1.54) is 0 Å². The molecule has 2 fully saturated rings. The number of nitrogens with zero attached hydrogens (tertiary/aromatic N) is 2. The highest BCUT2D eigenvalue weighted by molar-refractivity contribution is 5.79. The Bertz CT molecular complexity index is 320. The maximum Gasteiger partial charge on any atom is 0.223 e. The van der Waals surface area contributed by atoms with Crippen molar-refractivity contribution in [1.29, 1.82) is 5.26 Å². The molecule has 0 aromatic heterocycles. The summed E-state index contributed by atoms with van der Waals surface area (Å²) in [6, 6.07) is 2.63. The minimum Gasteiger partial charge on any atom is -0.353 e. The van der Waals surface area contributed by atoms with E-state index in [9.17, 15) is 4.79 Å². The first-order chi connectivity index (χ1) is 8.69. The van der Waals surface area contributed by atoms with Gasteiger partial charge in [0.15, 0.2) is 0 Å².